The second kappa shape index (κ2) is 8.34. The lowest BCUT2D eigenvalue weighted by atomic mass is 9.86. The molecule has 0 bridgehead atoms. The van der Waals surface area contributed by atoms with Crippen molar-refractivity contribution in [1.29, 1.82) is 0 Å². The van der Waals surface area contributed by atoms with Gasteiger partial charge in [-0.15, -0.1) is 0 Å². The molecule has 0 aliphatic rings. The molecular weight excluding hydrogens is 328 g/mol. The van der Waals surface area contributed by atoms with E-state index in [0.717, 1.165) is 11.4 Å². The van der Waals surface area contributed by atoms with Gasteiger partial charge in [-0.3, -0.25) is 0 Å². The molecule has 0 aliphatic carbocycles. The van der Waals surface area contributed by atoms with Crippen LogP contribution >= 0.6 is 12.2 Å². The summed E-state index contributed by atoms with van der Waals surface area (Å²) in [6, 6.07) is 16.6. The van der Waals surface area contributed by atoms with Gasteiger partial charge in [0.15, 0.2) is 5.11 Å². The normalized spacial score (nSPS) is 12.4. The number of rotatable bonds is 5. The fourth-order valence-electron chi connectivity index (χ4n) is 2.56. The van der Waals surface area contributed by atoms with Crippen molar-refractivity contribution >= 4 is 23.0 Å². The predicted octanol–water partition coefficient (Wildman–Crippen LogP) is 5.43. The van der Waals surface area contributed by atoms with Gasteiger partial charge in [-0.1, -0.05) is 57.2 Å². The number of benzene rings is 2. The van der Waals surface area contributed by atoms with Gasteiger partial charge in [-0.25, -0.2) is 0 Å². The van der Waals surface area contributed by atoms with E-state index in [4.69, 9.17) is 17.0 Å². The van der Waals surface area contributed by atoms with Crippen LogP contribution in [0.25, 0.3) is 0 Å². The van der Waals surface area contributed by atoms with Crippen molar-refractivity contribution in [2.75, 3.05) is 11.9 Å². The minimum atomic E-state index is 0.119. The van der Waals surface area contributed by atoms with Gasteiger partial charge in [0.05, 0.1) is 18.3 Å². The Balaban J connectivity index is 2.01. The lowest BCUT2D eigenvalue weighted by Crippen LogP contribution is -2.31. The Kier molecular flexibility index (Phi) is 6.43. The molecular formula is C21H28N2OS. The molecule has 0 fully saturated rings. The van der Waals surface area contributed by atoms with Crippen LogP contribution in [0, 0.1) is 0 Å². The number of nitrogens with one attached hydrogen (secondary N) is 2. The SMILES string of the molecule is CCOc1ccccc1NC(=S)N[C@H](C)c1ccc(C(C)(C)C)cc1. The predicted molar refractivity (Wildman–Crippen MR) is 111 cm³/mol. The van der Waals surface area contributed by atoms with Crippen LogP contribution in [0.1, 0.15) is 51.8 Å². The Bertz CT molecular complexity index is 705. The second-order valence-electron chi connectivity index (χ2n) is 7.12. The molecule has 0 heterocycles. The molecule has 4 heteroatoms. The molecule has 0 unspecified atom stereocenters. The third-order valence-electron chi connectivity index (χ3n) is 4.06. The van der Waals surface area contributed by atoms with Gasteiger partial charge in [0.1, 0.15) is 5.75 Å². The van der Waals surface area contributed by atoms with E-state index in [1.165, 1.54) is 11.1 Å². The molecule has 0 amide bonds. The van der Waals surface area contributed by atoms with Gasteiger partial charge >= 0.3 is 0 Å². The van der Waals surface area contributed by atoms with Crippen molar-refractivity contribution in [1.82, 2.24) is 5.32 Å². The minimum Gasteiger partial charge on any atom is -0.492 e. The summed E-state index contributed by atoms with van der Waals surface area (Å²) in [5.41, 5.74) is 3.57. The summed E-state index contributed by atoms with van der Waals surface area (Å²) < 4.78 is 5.62. The first kappa shape index (κ1) is 19.3. The van der Waals surface area contributed by atoms with Crippen molar-refractivity contribution in [2.45, 2.75) is 46.1 Å². The second-order valence-corrected chi connectivity index (χ2v) is 7.53. The Hall–Kier alpha value is -2.07. The first-order valence-electron chi connectivity index (χ1n) is 8.71. The number of para-hydroxylation sites is 2. The fraction of sp³-hybridized carbons (Fsp3) is 0.381. The maximum Gasteiger partial charge on any atom is 0.171 e. The summed E-state index contributed by atoms with van der Waals surface area (Å²) in [6.07, 6.45) is 0. The Morgan fingerprint density at radius 2 is 1.72 bits per heavy atom. The van der Waals surface area contributed by atoms with E-state index in [2.05, 4.69) is 62.6 Å². The van der Waals surface area contributed by atoms with Crippen LogP contribution in [-0.2, 0) is 5.41 Å². The highest BCUT2D eigenvalue weighted by atomic mass is 32.1. The van der Waals surface area contributed by atoms with Gasteiger partial charge in [0, 0.05) is 0 Å². The molecule has 1 atom stereocenters. The molecule has 2 aromatic rings. The van der Waals surface area contributed by atoms with Crippen molar-refractivity contribution in [3.63, 3.8) is 0 Å². The Morgan fingerprint density at radius 3 is 2.32 bits per heavy atom. The quantitative estimate of drug-likeness (QED) is 0.700. The molecule has 2 aromatic carbocycles. The number of ether oxygens (including phenoxy) is 1. The molecule has 0 radical (unpaired) electrons. The van der Waals surface area contributed by atoms with Crippen LogP contribution in [0.4, 0.5) is 5.69 Å². The summed E-state index contributed by atoms with van der Waals surface area (Å²) in [6.45, 7) is 11.4. The molecule has 0 spiro atoms. The van der Waals surface area contributed by atoms with E-state index >= 15 is 0 Å². The number of hydrogen-bond donors (Lipinski definition) is 2. The lowest BCUT2D eigenvalue weighted by Gasteiger charge is -2.22. The molecule has 0 aromatic heterocycles. The highest BCUT2D eigenvalue weighted by Gasteiger charge is 2.14. The van der Waals surface area contributed by atoms with Gasteiger partial charge in [0.2, 0.25) is 0 Å². The highest BCUT2D eigenvalue weighted by Crippen LogP contribution is 2.25. The van der Waals surface area contributed by atoms with E-state index < -0.39 is 0 Å². The van der Waals surface area contributed by atoms with Crippen molar-refractivity contribution in [3.05, 3.63) is 59.7 Å². The highest BCUT2D eigenvalue weighted by molar-refractivity contribution is 7.80. The van der Waals surface area contributed by atoms with Crippen molar-refractivity contribution < 1.29 is 4.74 Å². The third-order valence-corrected chi connectivity index (χ3v) is 4.28. The Morgan fingerprint density at radius 1 is 1.08 bits per heavy atom. The van der Waals surface area contributed by atoms with E-state index in [1.54, 1.807) is 0 Å². The van der Waals surface area contributed by atoms with E-state index in [1.807, 2.05) is 31.2 Å². The summed E-state index contributed by atoms with van der Waals surface area (Å²) in [5.74, 6) is 0.802. The first-order valence-corrected chi connectivity index (χ1v) is 9.12. The van der Waals surface area contributed by atoms with E-state index in [9.17, 15) is 0 Å². The number of thiocarbonyl (C=S) groups is 1. The fourth-order valence-corrected chi connectivity index (χ4v) is 2.85. The maximum absolute atomic E-state index is 5.62. The molecule has 0 saturated carbocycles. The average Bonchev–Trinajstić information content (AvgIpc) is 2.56. The van der Waals surface area contributed by atoms with Crippen LogP contribution in [0.3, 0.4) is 0 Å². The van der Waals surface area contributed by atoms with E-state index in [-0.39, 0.29) is 11.5 Å². The Labute approximate surface area is 156 Å². The monoisotopic (exact) mass is 356 g/mol. The summed E-state index contributed by atoms with van der Waals surface area (Å²) in [7, 11) is 0. The summed E-state index contributed by atoms with van der Waals surface area (Å²) >= 11 is 5.46. The zero-order valence-electron chi connectivity index (χ0n) is 15.7. The lowest BCUT2D eigenvalue weighted by molar-refractivity contribution is 0.342. The van der Waals surface area contributed by atoms with Gasteiger partial charge < -0.3 is 15.4 Å². The molecule has 2 N–H and O–H groups in total. The number of hydrogen-bond acceptors (Lipinski definition) is 2. The topological polar surface area (TPSA) is 33.3 Å². The van der Waals surface area contributed by atoms with Gasteiger partial charge in [-0.05, 0) is 54.7 Å². The number of anilines is 1. The summed E-state index contributed by atoms with van der Waals surface area (Å²) in [5, 5.41) is 7.15. The van der Waals surface area contributed by atoms with Crippen LogP contribution in [-0.4, -0.2) is 11.7 Å². The summed E-state index contributed by atoms with van der Waals surface area (Å²) in [4.78, 5) is 0. The standard InChI is InChI=1S/C21H28N2OS/c1-6-24-19-10-8-7-9-18(19)23-20(25)22-15(2)16-11-13-17(14-12-16)21(3,4)5/h7-15H,6H2,1-5H3,(H2,22,23,25)/t15-/m1/s1. The third kappa shape index (κ3) is 5.46. The van der Waals surface area contributed by atoms with Crippen molar-refractivity contribution in [2.24, 2.45) is 0 Å². The average molecular weight is 357 g/mol. The van der Waals surface area contributed by atoms with E-state index in [0.29, 0.717) is 11.7 Å². The van der Waals surface area contributed by atoms with Crippen LogP contribution < -0.4 is 15.4 Å². The smallest absolute Gasteiger partial charge is 0.171 e. The van der Waals surface area contributed by atoms with Gasteiger partial charge in [0.25, 0.3) is 0 Å². The molecule has 25 heavy (non-hydrogen) atoms. The molecule has 3 nitrogen and oxygen atoms in total. The molecule has 2 rings (SSSR count). The largest absolute Gasteiger partial charge is 0.492 e. The first-order chi connectivity index (χ1) is 11.8. The van der Waals surface area contributed by atoms with Crippen LogP contribution in [0.5, 0.6) is 5.75 Å². The van der Waals surface area contributed by atoms with Crippen LogP contribution in [0.2, 0.25) is 0 Å². The molecule has 0 saturated heterocycles. The zero-order chi connectivity index (χ0) is 18.4. The molecule has 0 aliphatic heterocycles. The maximum atomic E-state index is 5.62. The van der Waals surface area contributed by atoms with Crippen molar-refractivity contribution in [3.8, 4) is 5.75 Å². The zero-order valence-corrected chi connectivity index (χ0v) is 16.5. The molecule has 134 valence electrons. The van der Waals surface area contributed by atoms with Crippen LogP contribution in [0.15, 0.2) is 48.5 Å². The minimum absolute atomic E-state index is 0.119. The van der Waals surface area contributed by atoms with Gasteiger partial charge in [-0.2, -0.15) is 0 Å².